The standard InChI is InChI=1S/C42H60FN5O11S/c1-11-33-42(8,53)34-17-29(46-26(5)49)23(2)18-40(6,55-21-27(20-54-34)47-56-22-28-12-13-32(60-28)30-19-44-14-15-45-30)37(25(4)36(51)41(7,43)39(52)58-33)59-38-35(50)31(48(9)10)16-24(3)57-38/h12-15,19,23-25,31,33-35,37-38,50,53H,11,16-18,20-22H2,1-10H3/b46-29?,47-27-/t23-,24-,25+,31+,33+,34+,35-,37-,38+,40-,41+,42-/m1/s1. The van der Waals surface area contributed by atoms with Crippen molar-refractivity contribution in [3.8, 4) is 10.6 Å². The first-order valence-corrected chi connectivity index (χ1v) is 21.2. The summed E-state index contributed by atoms with van der Waals surface area (Å²) in [6.45, 7) is 11.4. The molecule has 1 amide bonds. The number of thiophene rings is 1. The molecule has 0 unspecified atom stereocenters. The average Bonchev–Trinajstić information content (AvgIpc) is 3.66. The van der Waals surface area contributed by atoms with Gasteiger partial charge in [-0.3, -0.25) is 19.6 Å². The predicted molar refractivity (Wildman–Crippen MR) is 220 cm³/mol. The van der Waals surface area contributed by atoms with Crippen LogP contribution in [0.25, 0.3) is 10.6 Å². The number of likely N-dealkylation sites (N-methyl/N-ethyl adjacent to an activating group) is 1. The van der Waals surface area contributed by atoms with E-state index in [2.05, 4.69) is 20.1 Å². The zero-order valence-corrected chi connectivity index (χ0v) is 36.9. The maximum absolute atomic E-state index is 16.8. The zero-order valence-electron chi connectivity index (χ0n) is 36.1. The van der Waals surface area contributed by atoms with Crippen molar-refractivity contribution in [3.05, 3.63) is 35.6 Å². The Kier molecular flexibility index (Phi) is 15.5. The van der Waals surface area contributed by atoms with Crippen LogP contribution in [0.1, 0.15) is 86.0 Å². The van der Waals surface area contributed by atoms with Gasteiger partial charge in [0.25, 0.3) is 5.67 Å². The second-order valence-corrected chi connectivity index (χ2v) is 18.1. The fourth-order valence-corrected chi connectivity index (χ4v) is 9.11. The van der Waals surface area contributed by atoms with Gasteiger partial charge in [0.15, 0.2) is 18.7 Å². The van der Waals surface area contributed by atoms with Crippen LogP contribution in [-0.4, -0.2) is 141 Å². The van der Waals surface area contributed by atoms with Gasteiger partial charge in [0.2, 0.25) is 5.91 Å². The Morgan fingerprint density at radius 3 is 2.52 bits per heavy atom. The Hall–Kier alpha value is -3.62. The SMILES string of the molecule is CC[C@@H]1OC(=O)[C@@](C)(F)C(=O)[C@H](C)[C@@H](O[C@@H]2O[C@H](C)C[C@H](N(C)C)[C@H]2O)[C@@]2(C)C[C@@H](C)C(=NC(C)=O)C[C@H](OC/C(=N/OCc3ccc(-c4cnccn4)s3)CO2)[C@]1(C)O. The third-order valence-electron chi connectivity index (χ3n) is 11.7. The first-order valence-electron chi connectivity index (χ1n) is 20.4. The van der Waals surface area contributed by atoms with Crippen LogP contribution in [0.2, 0.25) is 0 Å². The number of hydrogen-bond acceptors (Lipinski definition) is 16. The number of aromatic nitrogens is 2. The Balaban J connectivity index is 1.63. The van der Waals surface area contributed by atoms with Crippen molar-refractivity contribution < 1.29 is 57.5 Å². The second-order valence-electron chi connectivity index (χ2n) is 16.9. The number of ether oxygens (including phenoxy) is 5. The van der Waals surface area contributed by atoms with Gasteiger partial charge in [-0.05, 0) is 79.1 Å². The topological polar surface area (TPSA) is 201 Å². The predicted octanol–water partition coefficient (Wildman–Crippen LogP) is 4.49. The molecule has 0 aromatic carbocycles. The Bertz CT molecular complexity index is 1880. The van der Waals surface area contributed by atoms with E-state index in [0.717, 1.165) is 16.7 Å². The van der Waals surface area contributed by atoms with E-state index >= 15 is 4.39 Å². The van der Waals surface area contributed by atoms with E-state index in [0.29, 0.717) is 17.8 Å². The number of ketones is 1. The summed E-state index contributed by atoms with van der Waals surface area (Å²) in [7, 11) is 3.63. The minimum absolute atomic E-state index is 0.00361. The molecule has 3 saturated heterocycles. The molecule has 16 nitrogen and oxygen atoms in total. The molecule has 0 radical (unpaired) electrons. The number of rotatable bonds is 8. The summed E-state index contributed by atoms with van der Waals surface area (Å²) in [4.78, 5) is 63.1. The average molecular weight is 862 g/mol. The van der Waals surface area contributed by atoms with Crippen molar-refractivity contribution in [1.29, 1.82) is 0 Å². The lowest BCUT2D eigenvalue weighted by Gasteiger charge is -2.47. The lowest BCUT2D eigenvalue weighted by atomic mass is 9.75. The summed E-state index contributed by atoms with van der Waals surface area (Å²) >= 11 is 1.45. The van der Waals surface area contributed by atoms with E-state index in [4.69, 9.17) is 28.5 Å². The molecule has 3 aliphatic heterocycles. The van der Waals surface area contributed by atoms with Gasteiger partial charge >= 0.3 is 5.97 Å². The minimum Gasteiger partial charge on any atom is -0.457 e. The van der Waals surface area contributed by atoms with Crippen LogP contribution in [0, 0.1) is 11.8 Å². The van der Waals surface area contributed by atoms with Crippen LogP contribution in [0.3, 0.4) is 0 Å². The van der Waals surface area contributed by atoms with Crippen molar-refractivity contribution in [2.24, 2.45) is 22.0 Å². The van der Waals surface area contributed by atoms with Crippen molar-refractivity contribution in [1.82, 2.24) is 14.9 Å². The highest BCUT2D eigenvalue weighted by atomic mass is 32.1. The maximum Gasteiger partial charge on any atom is 0.351 e. The molecule has 2 aromatic heterocycles. The number of halogens is 1. The molecule has 0 saturated carbocycles. The number of amides is 1. The second kappa shape index (κ2) is 19.6. The first-order chi connectivity index (χ1) is 28.2. The highest BCUT2D eigenvalue weighted by Gasteiger charge is 2.56. The van der Waals surface area contributed by atoms with Crippen LogP contribution < -0.4 is 0 Å². The number of aliphatic hydroxyl groups excluding tert-OH is 1. The molecule has 3 fully saturated rings. The summed E-state index contributed by atoms with van der Waals surface area (Å²) in [5.41, 5.74) is -5.51. The molecule has 5 rings (SSSR count). The molecule has 3 aliphatic rings. The van der Waals surface area contributed by atoms with Crippen molar-refractivity contribution in [2.45, 2.75) is 147 Å². The number of carbonyl (C=O) groups excluding carboxylic acids is 3. The number of aliphatic hydroxyl groups is 2. The monoisotopic (exact) mass is 861 g/mol. The highest BCUT2D eigenvalue weighted by Crippen LogP contribution is 2.40. The molecular formula is C42H60FN5O11S. The highest BCUT2D eigenvalue weighted by molar-refractivity contribution is 7.15. The van der Waals surface area contributed by atoms with Crippen LogP contribution in [0.4, 0.5) is 4.39 Å². The fourth-order valence-electron chi connectivity index (χ4n) is 8.23. The number of nitrogens with zero attached hydrogens (tertiary/aromatic N) is 5. The fraction of sp³-hybridized carbons (Fsp3) is 0.690. The van der Waals surface area contributed by atoms with E-state index < -0.39 is 83.1 Å². The molecule has 2 bridgehead atoms. The number of cyclic esters (lactones) is 1. The maximum atomic E-state index is 16.8. The number of Topliss-reactive ketones (excluding diaryl/α,β-unsaturated/α-hetero) is 1. The first kappa shape index (κ1) is 47.4. The number of hydrogen-bond donors (Lipinski definition) is 2. The van der Waals surface area contributed by atoms with E-state index in [1.807, 2.05) is 45.0 Å². The van der Waals surface area contributed by atoms with Gasteiger partial charge in [0.1, 0.15) is 23.5 Å². The lowest BCUT2D eigenvalue weighted by Crippen LogP contribution is -2.61. The molecule has 18 heteroatoms. The van der Waals surface area contributed by atoms with Gasteiger partial charge in [0, 0.05) is 48.3 Å². The smallest absolute Gasteiger partial charge is 0.351 e. The largest absolute Gasteiger partial charge is 0.457 e. The molecule has 60 heavy (non-hydrogen) atoms. The normalized spacial score (nSPS) is 37.6. The minimum atomic E-state index is -3.21. The summed E-state index contributed by atoms with van der Waals surface area (Å²) in [6.07, 6.45) is -1.61. The Morgan fingerprint density at radius 2 is 1.87 bits per heavy atom. The van der Waals surface area contributed by atoms with E-state index in [1.54, 1.807) is 32.4 Å². The third-order valence-corrected chi connectivity index (χ3v) is 12.8. The van der Waals surface area contributed by atoms with Gasteiger partial charge in [-0.2, -0.15) is 0 Å². The molecule has 5 heterocycles. The van der Waals surface area contributed by atoms with Gasteiger partial charge in [-0.15, -0.1) is 11.3 Å². The van der Waals surface area contributed by atoms with Crippen LogP contribution in [0.5, 0.6) is 0 Å². The van der Waals surface area contributed by atoms with Crippen LogP contribution in [0.15, 0.2) is 40.9 Å². The Labute approximate surface area is 354 Å². The van der Waals surface area contributed by atoms with Gasteiger partial charge < -0.3 is 43.6 Å². The molecule has 0 spiro atoms. The number of esters is 1. The van der Waals surface area contributed by atoms with Gasteiger partial charge in [-0.25, -0.2) is 14.2 Å². The van der Waals surface area contributed by atoms with Gasteiger partial charge in [0.05, 0.1) is 53.9 Å². The van der Waals surface area contributed by atoms with E-state index in [-0.39, 0.29) is 50.9 Å². The van der Waals surface area contributed by atoms with Gasteiger partial charge in [-0.1, -0.05) is 25.9 Å². The number of oxime groups is 1. The summed E-state index contributed by atoms with van der Waals surface area (Å²) in [5.74, 6) is -5.22. The molecule has 12 atom stereocenters. The molecule has 0 aliphatic carbocycles. The summed E-state index contributed by atoms with van der Waals surface area (Å²) in [6, 6.07) is 3.39. The number of carbonyl (C=O) groups is 3. The quantitative estimate of drug-likeness (QED) is 0.214. The van der Waals surface area contributed by atoms with Crippen LogP contribution in [-0.2, 0) is 49.5 Å². The number of fused-ring (bicyclic) bond motifs is 5. The molecule has 332 valence electrons. The third kappa shape index (κ3) is 10.9. The van der Waals surface area contributed by atoms with E-state index in [9.17, 15) is 24.6 Å². The molecule has 2 aromatic rings. The van der Waals surface area contributed by atoms with Crippen molar-refractivity contribution >= 4 is 40.4 Å². The lowest BCUT2D eigenvalue weighted by molar-refractivity contribution is -0.296. The Morgan fingerprint density at radius 1 is 1.13 bits per heavy atom. The molecule has 2 N–H and O–H groups in total. The number of aliphatic imine (C=N–C) groups is 1. The van der Waals surface area contributed by atoms with Crippen molar-refractivity contribution in [3.63, 3.8) is 0 Å². The summed E-state index contributed by atoms with van der Waals surface area (Å²) < 4.78 is 48.5. The van der Waals surface area contributed by atoms with Crippen LogP contribution >= 0.6 is 11.3 Å². The zero-order chi connectivity index (χ0) is 44.2. The summed E-state index contributed by atoms with van der Waals surface area (Å²) in [5, 5.41) is 28.3. The van der Waals surface area contributed by atoms with E-state index in [1.165, 1.54) is 32.1 Å². The van der Waals surface area contributed by atoms with Crippen molar-refractivity contribution in [2.75, 3.05) is 27.3 Å². The molecular weight excluding hydrogens is 802 g/mol. The number of alkyl halides is 1.